The van der Waals surface area contributed by atoms with Crippen molar-refractivity contribution in [3.8, 4) is 0 Å². The Bertz CT molecular complexity index is 177. The first kappa shape index (κ1) is 16.4. The summed E-state index contributed by atoms with van der Waals surface area (Å²) in [6, 6.07) is 0. The van der Waals surface area contributed by atoms with Crippen LogP contribution in [0.15, 0.2) is 0 Å². The normalized spacial score (nSPS) is 16.1. The minimum atomic E-state index is -0.670. The molecule has 1 aliphatic heterocycles. The smallest absolute Gasteiger partial charge is 0.303 e. The Kier molecular flexibility index (Phi) is 11.5. The first-order valence-electron chi connectivity index (χ1n) is 7.07. The Hall–Kier alpha value is -0.570. The molecule has 0 saturated carbocycles. The lowest BCUT2D eigenvalue weighted by atomic mass is 10.1. The fourth-order valence-electron chi connectivity index (χ4n) is 1.93. The fraction of sp³-hybridized carbons (Fsp3) is 0.929. The van der Waals surface area contributed by atoms with Crippen molar-refractivity contribution in [1.29, 1.82) is 0 Å². The Morgan fingerprint density at radius 3 is 2.06 bits per heavy atom. The molecule has 0 aliphatic carbocycles. The average Bonchev–Trinajstić information content (AvgIpc) is 2.30. The van der Waals surface area contributed by atoms with E-state index in [0.29, 0.717) is 6.42 Å². The number of unbranched alkanes of at least 4 members (excludes halogenated alkanes) is 4. The summed E-state index contributed by atoms with van der Waals surface area (Å²) in [4.78, 5) is 12.4. The first-order chi connectivity index (χ1) is 8.16. The van der Waals surface area contributed by atoms with Gasteiger partial charge in [-0.25, -0.2) is 0 Å². The van der Waals surface area contributed by atoms with Gasteiger partial charge in [0.1, 0.15) is 0 Å². The summed E-state index contributed by atoms with van der Waals surface area (Å²) < 4.78 is 0. The first-order valence-corrected chi connectivity index (χ1v) is 7.07. The molecule has 0 unspecified atom stereocenters. The van der Waals surface area contributed by atoms with Gasteiger partial charge in [0, 0.05) is 6.42 Å². The van der Waals surface area contributed by atoms with Gasteiger partial charge in [-0.2, -0.15) is 0 Å². The third kappa shape index (κ3) is 13.4. The molecule has 3 heteroatoms. The largest absolute Gasteiger partial charge is 0.481 e. The van der Waals surface area contributed by atoms with Crippen LogP contribution in [0.1, 0.15) is 64.7 Å². The fourth-order valence-corrected chi connectivity index (χ4v) is 1.93. The van der Waals surface area contributed by atoms with Crippen LogP contribution in [-0.2, 0) is 4.79 Å². The van der Waals surface area contributed by atoms with E-state index in [-0.39, 0.29) is 0 Å². The molecule has 1 saturated heterocycles. The molecular weight excluding hydrogens is 214 g/mol. The minimum absolute atomic E-state index is 0.337. The maximum absolute atomic E-state index is 10.0. The summed E-state index contributed by atoms with van der Waals surface area (Å²) in [6.07, 6.45) is 10.2. The van der Waals surface area contributed by atoms with Crippen molar-refractivity contribution < 1.29 is 9.90 Å². The van der Waals surface area contributed by atoms with E-state index < -0.39 is 5.97 Å². The highest BCUT2D eigenvalue weighted by atomic mass is 16.4. The zero-order valence-electron chi connectivity index (χ0n) is 11.6. The van der Waals surface area contributed by atoms with Gasteiger partial charge >= 0.3 is 5.97 Å². The van der Waals surface area contributed by atoms with Crippen molar-refractivity contribution in [2.75, 3.05) is 20.1 Å². The highest BCUT2D eigenvalue weighted by Gasteiger charge is 2.02. The molecule has 0 aromatic heterocycles. The predicted octanol–water partition coefficient (Wildman–Crippen LogP) is 3.53. The van der Waals surface area contributed by atoms with Gasteiger partial charge in [-0.15, -0.1) is 0 Å². The molecule has 3 nitrogen and oxygen atoms in total. The maximum atomic E-state index is 10.0. The predicted molar refractivity (Wildman–Crippen MR) is 72.4 cm³/mol. The van der Waals surface area contributed by atoms with Gasteiger partial charge in [-0.05, 0) is 39.4 Å². The topological polar surface area (TPSA) is 40.5 Å². The standard InChI is InChI=1S/C8H16O2.C6H13N/c1-2-3-4-5-6-7-8(9)10;1-7-5-3-2-4-6-7/h2-7H2,1H3,(H,9,10);2-6H2,1H3. The molecular formula is C14H29NO2. The zero-order valence-corrected chi connectivity index (χ0v) is 11.6. The minimum Gasteiger partial charge on any atom is -0.481 e. The quantitative estimate of drug-likeness (QED) is 0.725. The van der Waals surface area contributed by atoms with Crippen LogP contribution >= 0.6 is 0 Å². The second-order valence-electron chi connectivity index (χ2n) is 4.92. The number of rotatable bonds is 6. The summed E-state index contributed by atoms with van der Waals surface area (Å²) in [5.74, 6) is -0.670. The molecule has 1 N–H and O–H groups in total. The summed E-state index contributed by atoms with van der Waals surface area (Å²) in [7, 11) is 2.19. The lowest BCUT2D eigenvalue weighted by Crippen LogP contribution is -2.24. The number of likely N-dealkylation sites (tertiary alicyclic amines) is 1. The van der Waals surface area contributed by atoms with Crippen LogP contribution in [0.25, 0.3) is 0 Å². The highest BCUT2D eigenvalue weighted by molar-refractivity contribution is 5.66. The molecule has 0 amide bonds. The number of carbonyl (C=O) groups is 1. The van der Waals surface area contributed by atoms with E-state index in [0.717, 1.165) is 12.8 Å². The SMILES string of the molecule is CCCCCCCC(=O)O.CN1CCCCC1. The van der Waals surface area contributed by atoms with Crippen molar-refractivity contribution >= 4 is 5.97 Å². The van der Waals surface area contributed by atoms with Crippen molar-refractivity contribution in [1.82, 2.24) is 4.90 Å². The number of hydrogen-bond acceptors (Lipinski definition) is 2. The van der Waals surface area contributed by atoms with Crippen LogP contribution < -0.4 is 0 Å². The van der Waals surface area contributed by atoms with Gasteiger partial charge in [0.15, 0.2) is 0 Å². The summed E-state index contributed by atoms with van der Waals surface area (Å²) in [5.41, 5.74) is 0. The van der Waals surface area contributed by atoms with Crippen molar-refractivity contribution in [2.45, 2.75) is 64.7 Å². The number of carboxylic acid groups (broad SMARTS) is 1. The molecule has 0 radical (unpaired) electrons. The second kappa shape index (κ2) is 11.9. The maximum Gasteiger partial charge on any atom is 0.303 e. The molecule has 0 aromatic rings. The lowest BCUT2D eigenvalue weighted by molar-refractivity contribution is -0.137. The average molecular weight is 243 g/mol. The van der Waals surface area contributed by atoms with Gasteiger partial charge in [-0.3, -0.25) is 4.79 Å². The summed E-state index contributed by atoms with van der Waals surface area (Å²) in [5, 5.41) is 8.27. The van der Waals surface area contributed by atoms with Crippen LogP contribution in [0.2, 0.25) is 0 Å². The number of nitrogens with zero attached hydrogens (tertiary/aromatic N) is 1. The monoisotopic (exact) mass is 243 g/mol. The van der Waals surface area contributed by atoms with Crippen LogP contribution in [-0.4, -0.2) is 36.1 Å². The molecule has 0 atom stereocenters. The van der Waals surface area contributed by atoms with Crippen LogP contribution in [0.4, 0.5) is 0 Å². The van der Waals surface area contributed by atoms with Gasteiger partial charge in [0.2, 0.25) is 0 Å². The van der Waals surface area contributed by atoms with E-state index in [1.165, 1.54) is 51.6 Å². The molecule has 1 aliphatic rings. The Morgan fingerprint density at radius 2 is 1.65 bits per heavy atom. The Balaban J connectivity index is 0.000000318. The molecule has 17 heavy (non-hydrogen) atoms. The third-order valence-electron chi connectivity index (χ3n) is 3.07. The molecule has 1 heterocycles. The van der Waals surface area contributed by atoms with E-state index >= 15 is 0 Å². The van der Waals surface area contributed by atoms with Gasteiger partial charge in [0.05, 0.1) is 0 Å². The van der Waals surface area contributed by atoms with E-state index in [1.807, 2.05) is 0 Å². The number of hydrogen-bond donors (Lipinski definition) is 1. The van der Waals surface area contributed by atoms with Crippen LogP contribution in [0, 0.1) is 0 Å². The van der Waals surface area contributed by atoms with Crippen LogP contribution in [0.5, 0.6) is 0 Å². The number of carboxylic acids is 1. The highest BCUT2D eigenvalue weighted by Crippen LogP contribution is 2.05. The van der Waals surface area contributed by atoms with E-state index in [1.54, 1.807) is 0 Å². The molecule has 0 spiro atoms. The zero-order chi connectivity index (χ0) is 12.9. The molecule has 0 bridgehead atoms. The molecule has 0 aromatic carbocycles. The Labute approximate surface area is 106 Å². The van der Waals surface area contributed by atoms with E-state index in [2.05, 4.69) is 18.9 Å². The Morgan fingerprint density at radius 1 is 1.06 bits per heavy atom. The van der Waals surface area contributed by atoms with Crippen molar-refractivity contribution in [3.63, 3.8) is 0 Å². The summed E-state index contributed by atoms with van der Waals surface area (Å²) >= 11 is 0. The van der Waals surface area contributed by atoms with Gasteiger partial charge in [-0.1, -0.05) is 39.0 Å². The third-order valence-corrected chi connectivity index (χ3v) is 3.07. The van der Waals surface area contributed by atoms with Crippen LogP contribution in [0.3, 0.4) is 0 Å². The second-order valence-corrected chi connectivity index (χ2v) is 4.92. The van der Waals surface area contributed by atoms with E-state index in [4.69, 9.17) is 5.11 Å². The molecule has 102 valence electrons. The molecule has 1 fully saturated rings. The van der Waals surface area contributed by atoms with E-state index in [9.17, 15) is 4.79 Å². The number of aliphatic carboxylic acids is 1. The van der Waals surface area contributed by atoms with Gasteiger partial charge < -0.3 is 10.0 Å². The van der Waals surface area contributed by atoms with Crippen molar-refractivity contribution in [2.24, 2.45) is 0 Å². The number of piperidine rings is 1. The van der Waals surface area contributed by atoms with Gasteiger partial charge in [0.25, 0.3) is 0 Å². The van der Waals surface area contributed by atoms with Crippen molar-refractivity contribution in [3.05, 3.63) is 0 Å². The lowest BCUT2D eigenvalue weighted by Gasteiger charge is -2.20. The summed E-state index contributed by atoms with van der Waals surface area (Å²) in [6.45, 7) is 4.79. The molecule has 1 rings (SSSR count).